The molecule has 1 aliphatic carbocycles. The lowest BCUT2D eigenvalue weighted by Crippen LogP contribution is -2.45. The summed E-state index contributed by atoms with van der Waals surface area (Å²) in [5.74, 6) is 1.97. The van der Waals surface area contributed by atoms with E-state index in [1.54, 1.807) is 7.11 Å². The quantitative estimate of drug-likeness (QED) is 0.900. The lowest BCUT2D eigenvalue weighted by molar-refractivity contribution is -0.00271. The van der Waals surface area contributed by atoms with Gasteiger partial charge in [-0.25, -0.2) is 0 Å². The van der Waals surface area contributed by atoms with Crippen LogP contribution in [0.1, 0.15) is 63.5 Å². The van der Waals surface area contributed by atoms with E-state index in [-0.39, 0.29) is 5.60 Å². The van der Waals surface area contributed by atoms with Gasteiger partial charge in [-0.2, -0.15) is 0 Å². The van der Waals surface area contributed by atoms with Crippen molar-refractivity contribution in [3.8, 4) is 11.5 Å². The average Bonchev–Trinajstić information content (AvgIpc) is 2.53. The minimum absolute atomic E-state index is 0.0608. The predicted molar refractivity (Wildman–Crippen MR) is 85.1 cm³/mol. The fraction of sp³-hybridized carbons (Fsp3) is 0.667. The second kappa shape index (κ2) is 6.27. The van der Waals surface area contributed by atoms with Crippen LogP contribution in [0.3, 0.4) is 0 Å². The molecule has 3 heteroatoms. The molecule has 1 unspecified atom stereocenters. The predicted octanol–water partition coefficient (Wildman–Crippen LogP) is 4.22. The molecular formula is C18H27NO2. The normalized spacial score (nSPS) is 23.4. The summed E-state index contributed by atoms with van der Waals surface area (Å²) >= 11 is 0. The van der Waals surface area contributed by atoms with Gasteiger partial charge in [0.25, 0.3) is 0 Å². The lowest BCUT2D eigenvalue weighted by Gasteiger charge is -2.45. The van der Waals surface area contributed by atoms with Gasteiger partial charge in [0, 0.05) is 18.0 Å². The third kappa shape index (κ3) is 3.03. The Bertz CT molecular complexity index is 480. The zero-order valence-corrected chi connectivity index (χ0v) is 13.3. The van der Waals surface area contributed by atoms with Crippen molar-refractivity contribution in [2.45, 2.75) is 63.5 Å². The summed E-state index contributed by atoms with van der Waals surface area (Å²) in [5, 5.41) is 3.71. The summed E-state index contributed by atoms with van der Waals surface area (Å²) in [5.41, 5.74) is 1.32. The minimum atomic E-state index is 0.0608. The minimum Gasteiger partial charge on any atom is -0.497 e. The van der Waals surface area contributed by atoms with E-state index in [4.69, 9.17) is 9.47 Å². The van der Waals surface area contributed by atoms with Crippen molar-refractivity contribution in [3.63, 3.8) is 0 Å². The molecule has 21 heavy (non-hydrogen) atoms. The molecule has 116 valence electrons. The van der Waals surface area contributed by atoms with E-state index in [0.29, 0.717) is 6.04 Å². The van der Waals surface area contributed by atoms with E-state index < -0.39 is 0 Å². The van der Waals surface area contributed by atoms with Gasteiger partial charge < -0.3 is 14.8 Å². The molecule has 3 nitrogen and oxygen atoms in total. The largest absolute Gasteiger partial charge is 0.497 e. The second-order valence-corrected chi connectivity index (χ2v) is 6.46. The molecule has 1 aromatic rings. The van der Waals surface area contributed by atoms with Gasteiger partial charge in [-0.3, -0.25) is 0 Å². The van der Waals surface area contributed by atoms with Crippen molar-refractivity contribution in [1.29, 1.82) is 0 Å². The number of methoxy groups -OCH3 is 1. The average molecular weight is 289 g/mol. The zero-order chi connectivity index (χ0) is 14.7. The fourth-order valence-electron chi connectivity index (χ4n) is 3.78. The zero-order valence-electron chi connectivity index (χ0n) is 13.3. The first-order valence-corrected chi connectivity index (χ1v) is 8.37. The Morgan fingerprint density at radius 2 is 2.10 bits per heavy atom. The van der Waals surface area contributed by atoms with Crippen LogP contribution in [0.4, 0.5) is 0 Å². The molecule has 0 radical (unpaired) electrons. The van der Waals surface area contributed by atoms with Crippen molar-refractivity contribution in [1.82, 2.24) is 5.32 Å². The first-order chi connectivity index (χ1) is 10.3. The van der Waals surface area contributed by atoms with Gasteiger partial charge in [0.15, 0.2) is 0 Å². The Morgan fingerprint density at radius 3 is 2.81 bits per heavy atom. The third-order valence-corrected chi connectivity index (χ3v) is 4.90. The number of fused-ring (bicyclic) bond motifs is 1. The molecular weight excluding hydrogens is 262 g/mol. The lowest BCUT2D eigenvalue weighted by atomic mass is 9.77. The molecule has 0 saturated heterocycles. The highest BCUT2D eigenvalue weighted by molar-refractivity contribution is 5.44. The molecule has 1 heterocycles. The Morgan fingerprint density at radius 1 is 1.29 bits per heavy atom. The van der Waals surface area contributed by atoms with E-state index >= 15 is 0 Å². The van der Waals surface area contributed by atoms with Gasteiger partial charge >= 0.3 is 0 Å². The van der Waals surface area contributed by atoms with Crippen molar-refractivity contribution >= 4 is 0 Å². The van der Waals surface area contributed by atoms with Crippen LogP contribution in [0, 0.1) is 0 Å². The standard InChI is InChI=1S/C18H27NO2/c1-3-11-19-16-13-18(9-5-4-6-10-18)21-17-8-7-14(20-2)12-15(16)17/h7-8,12,16,19H,3-6,9-11,13H2,1-2H3. The number of hydrogen-bond acceptors (Lipinski definition) is 3. The van der Waals surface area contributed by atoms with Crippen molar-refractivity contribution in [2.24, 2.45) is 0 Å². The summed E-state index contributed by atoms with van der Waals surface area (Å²) in [4.78, 5) is 0. The van der Waals surface area contributed by atoms with Crippen LogP contribution >= 0.6 is 0 Å². The number of nitrogens with one attached hydrogen (secondary N) is 1. The Kier molecular flexibility index (Phi) is 4.39. The molecule has 1 fully saturated rings. The number of rotatable bonds is 4. The molecule has 1 aliphatic heterocycles. The maximum atomic E-state index is 6.47. The molecule has 0 bridgehead atoms. The Labute approximate surface area is 128 Å². The van der Waals surface area contributed by atoms with Crippen LogP contribution in [0.5, 0.6) is 11.5 Å². The smallest absolute Gasteiger partial charge is 0.125 e. The van der Waals surface area contributed by atoms with Crippen molar-refractivity contribution < 1.29 is 9.47 Å². The summed E-state index contributed by atoms with van der Waals surface area (Å²) in [7, 11) is 1.72. The van der Waals surface area contributed by atoms with Crippen LogP contribution in [-0.4, -0.2) is 19.3 Å². The van der Waals surface area contributed by atoms with Crippen molar-refractivity contribution in [2.75, 3.05) is 13.7 Å². The Hall–Kier alpha value is -1.22. The number of ether oxygens (including phenoxy) is 2. The molecule has 3 rings (SSSR count). The van der Waals surface area contributed by atoms with Crippen LogP contribution in [0.2, 0.25) is 0 Å². The topological polar surface area (TPSA) is 30.5 Å². The van der Waals surface area contributed by atoms with E-state index in [1.165, 1.54) is 37.7 Å². The van der Waals surface area contributed by atoms with Crippen LogP contribution < -0.4 is 14.8 Å². The fourth-order valence-corrected chi connectivity index (χ4v) is 3.78. The van der Waals surface area contributed by atoms with Gasteiger partial charge in [-0.05, 0) is 56.8 Å². The maximum absolute atomic E-state index is 6.47. The third-order valence-electron chi connectivity index (χ3n) is 4.90. The second-order valence-electron chi connectivity index (χ2n) is 6.46. The maximum Gasteiger partial charge on any atom is 0.125 e. The van der Waals surface area contributed by atoms with Gasteiger partial charge in [0.05, 0.1) is 7.11 Å². The summed E-state index contributed by atoms with van der Waals surface area (Å²) in [6.45, 7) is 3.27. The van der Waals surface area contributed by atoms with Crippen LogP contribution in [0.15, 0.2) is 18.2 Å². The van der Waals surface area contributed by atoms with E-state index in [0.717, 1.165) is 30.9 Å². The van der Waals surface area contributed by atoms with Gasteiger partial charge in [0.1, 0.15) is 17.1 Å². The SMILES string of the molecule is CCCNC1CC2(CCCCC2)Oc2ccc(OC)cc21. The van der Waals surface area contributed by atoms with Crippen LogP contribution in [0.25, 0.3) is 0 Å². The van der Waals surface area contributed by atoms with E-state index in [1.807, 2.05) is 6.07 Å². The molecule has 1 spiro atoms. The molecule has 1 N–H and O–H groups in total. The van der Waals surface area contributed by atoms with Gasteiger partial charge in [-0.15, -0.1) is 0 Å². The molecule has 0 aromatic heterocycles. The number of benzene rings is 1. The molecule has 1 aromatic carbocycles. The Balaban J connectivity index is 1.90. The molecule has 1 atom stereocenters. The number of hydrogen-bond donors (Lipinski definition) is 1. The monoisotopic (exact) mass is 289 g/mol. The highest BCUT2D eigenvalue weighted by atomic mass is 16.5. The summed E-state index contributed by atoms with van der Waals surface area (Å²) < 4.78 is 11.9. The van der Waals surface area contributed by atoms with E-state index in [2.05, 4.69) is 24.4 Å². The molecule has 1 saturated carbocycles. The highest BCUT2D eigenvalue weighted by Gasteiger charge is 2.41. The first-order valence-electron chi connectivity index (χ1n) is 8.37. The van der Waals surface area contributed by atoms with Gasteiger partial charge in [-0.1, -0.05) is 13.3 Å². The first kappa shape index (κ1) is 14.7. The van der Waals surface area contributed by atoms with Crippen LogP contribution in [-0.2, 0) is 0 Å². The molecule has 0 amide bonds. The summed E-state index contributed by atoms with van der Waals surface area (Å²) in [6, 6.07) is 6.63. The summed E-state index contributed by atoms with van der Waals surface area (Å²) in [6.07, 6.45) is 8.59. The molecule has 2 aliphatic rings. The van der Waals surface area contributed by atoms with Gasteiger partial charge in [0.2, 0.25) is 0 Å². The van der Waals surface area contributed by atoms with Crippen molar-refractivity contribution in [3.05, 3.63) is 23.8 Å². The highest BCUT2D eigenvalue weighted by Crippen LogP contribution is 2.46. The van der Waals surface area contributed by atoms with E-state index in [9.17, 15) is 0 Å².